The number of benzene rings is 4. The van der Waals surface area contributed by atoms with Gasteiger partial charge in [0.25, 0.3) is 0 Å². The van der Waals surface area contributed by atoms with Crippen molar-refractivity contribution in [2.75, 3.05) is 11.4 Å². The van der Waals surface area contributed by atoms with E-state index in [-0.39, 0.29) is 0 Å². The van der Waals surface area contributed by atoms with Gasteiger partial charge < -0.3 is 9.88 Å². The number of rotatable bonds is 2. The van der Waals surface area contributed by atoms with E-state index >= 15 is 0 Å². The average Bonchev–Trinajstić information content (AvgIpc) is 3.45. The lowest BCUT2D eigenvalue weighted by molar-refractivity contribution is 0.734. The average molecular weight is 431 g/mol. The van der Waals surface area contributed by atoms with Gasteiger partial charge in [-0.25, -0.2) is 0 Å². The Morgan fingerprint density at radius 1 is 0.750 bits per heavy atom. The number of para-hydroxylation sites is 1. The Bertz CT molecular complexity index is 1620. The lowest BCUT2D eigenvalue weighted by Crippen LogP contribution is -2.30. The summed E-state index contributed by atoms with van der Waals surface area (Å²) in [4.78, 5) is 5.93. The van der Waals surface area contributed by atoms with Gasteiger partial charge in [-0.3, -0.25) is 0 Å². The summed E-state index contributed by atoms with van der Waals surface area (Å²) in [6.07, 6.45) is 3.23. The van der Waals surface area contributed by atoms with Crippen molar-refractivity contribution in [2.45, 2.75) is 13.0 Å². The summed E-state index contributed by atoms with van der Waals surface area (Å²) in [5.41, 5.74) is 8.13. The minimum absolute atomic E-state index is 0.963. The Balaban J connectivity index is 1.28. The molecule has 7 rings (SSSR count). The van der Waals surface area contributed by atoms with E-state index in [4.69, 9.17) is 0 Å². The maximum Gasteiger partial charge on any atom is 0.0627 e. The summed E-state index contributed by atoms with van der Waals surface area (Å²) in [7, 11) is 0. The first-order valence-electron chi connectivity index (χ1n) is 11.2. The standard InChI is InChI=1S/C29H22N2S/c1-3-10-26-25(7-1)27(17-30-26)31-15-14-19-16-20(12-13-21(19)18-31)22-8-5-9-24-23-6-2-4-11-28(23)32-29(22)24/h1-13,16-17,30H,14-15,18H2. The van der Waals surface area contributed by atoms with E-state index in [1.165, 1.54) is 59.0 Å². The molecule has 3 heterocycles. The largest absolute Gasteiger partial charge is 0.365 e. The second-order valence-corrected chi connectivity index (χ2v) is 9.71. The van der Waals surface area contributed by atoms with Gasteiger partial charge in [0.05, 0.1) is 5.69 Å². The van der Waals surface area contributed by atoms with Crippen LogP contribution in [0.25, 0.3) is 42.2 Å². The summed E-state index contributed by atoms with van der Waals surface area (Å²) >= 11 is 1.91. The van der Waals surface area contributed by atoms with Gasteiger partial charge in [0.2, 0.25) is 0 Å². The summed E-state index contributed by atoms with van der Waals surface area (Å²) in [5, 5.41) is 4.04. The minimum Gasteiger partial charge on any atom is -0.365 e. The molecule has 0 unspecified atom stereocenters. The lowest BCUT2D eigenvalue weighted by Gasteiger charge is -2.30. The van der Waals surface area contributed by atoms with Crippen LogP contribution >= 0.6 is 11.3 Å². The molecule has 0 saturated carbocycles. The number of hydrogen-bond acceptors (Lipinski definition) is 2. The summed E-state index contributed by atoms with van der Waals surface area (Å²) in [6.45, 7) is 2.01. The molecular formula is C29H22N2S. The van der Waals surface area contributed by atoms with E-state index in [1.807, 2.05) is 11.3 Å². The number of fused-ring (bicyclic) bond motifs is 5. The van der Waals surface area contributed by atoms with Crippen molar-refractivity contribution in [3.05, 3.63) is 102 Å². The van der Waals surface area contributed by atoms with Gasteiger partial charge in [0.1, 0.15) is 0 Å². The molecule has 0 fully saturated rings. The van der Waals surface area contributed by atoms with Gasteiger partial charge >= 0.3 is 0 Å². The second kappa shape index (κ2) is 6.98. The van der Waals surface area contributed by atoms with Crippen molar-refractivity contribution in [3.63, 3.8) is 0 Å². The molecule has 0 radical (unpaired) electrons. The Hall–Kier alpha value is -3.56. The second-order valence-electron chi connectivity index (χ2n) is 8.66. The molecule has 1 aliphatic heterocycles. The zero-order valence-corrected chi connectivity index (χ0v) is 18.5. The van der Waals surface area contributed by atoms with Gasteiger partial charge in [-0.15, -0.1) is 11.3 Å². The van der Waals surface area contributed by atoms with Gasteiger partial charge in [-0.1, -0.05) is 72.8 Å². The van der Waals surface area contributed by atoms with E-state index in [2.05, 4.69) is 101 Å². The molecule has 4 aromatic carbocycles. The SMILES string of the molecule is c1ccc2c(N3CCc4cc(-c5cccc6c5sc5ccccc56)ccc4C3)c[nH]c2c1. The van der Waals surface area contributed by atoms with Crippen LogP contribution in [0.5, 0.6) is 0 Å². The van der Waals surface area contributed by atoms with Crippen LogP contribution in [0.3, 0.4) is 0 Å². The van der Waals surface area contributed by atoms with E-state index in [0.717, 1.165) is 19.5 Å². The predicted octanol–water partition coefficient (Wildman–Crippen LogP) is 7.77. The van der Waals surface area contributed by atoms with E-state index in [1.54, 1.807) is 0 Å². The molecule has 1 N–H and O–H groups in total. The molecule has 1 aliphatic rings. The van der Waals surface area contributed by atoms with Crippen LogP contribution in [0, 0.1) is 0 Å². The number of aromatic nitrogens is 1. The number of nitrogens with zero attached hydrogens (tertiary/aromatic N) is 1. The molecule has 2 aromatic heterocycles. The molecular weight excluding hydrogens is 408 g/mol. The Kier molecular flexibility index (Phi) is 3.94. The van der Waals surface area contributed by atoms with Gasteiger partial charge in [-0.2, -0.15) is 0 Å². The van der Waals surface area contributed by atoms with Gasteiger partial charge in [0.15, 0.2) is 0 Å². The highest BCUT2D eigenvalue weighted by Gasteiger charge is 2.20. The quantitative estimate of drug-likeness (QED) is 0.297. The molecule has 6 aromatic rings. The number of nitrogens with one attached hydrogen (secondary N) is 1. The molecule has 154 valence electrons. The lowest BCUT2D eigenvalue weighted by atomic mass is 9.93. The highest BCUT2D eigenvalue weighted by molar-refractivity contribution is 7.26. The number of hydrogen-bond donors (Lipinski definition) is 1. The van der Waals surface area contributed by atoms with Crippen molar-refractivity contribution < 1.29 is 0 Å². The number of anilines is 1. The number of aromatic amines is 1. The van der Waals surface area contributed by atoms with Crippen molar-refractivity contribution >= 4 is 48.1 Å². The van der Waals surface area contributed by atoms with Crippen LogP contribution < -0.4 is 4.90 Å². The van der Waals surface area contributed by atoms with Crippen LogP contribution in [-0.2, 0) is 13.0 Å². The highest BCUT2D eigenvalue weighted by atomic mass is 32.1. The van der Waals surface area contributed by atoms with Crippen LogP contribution in [-0.4, -0.2) is 11.5 Å². The Morgan fingerprint density at radius 2 is 1.59 bits per heavy atom. The van der Waals surface area contributed by atoms with Gasteiger partial charge in [-0.05, 0) is 40.8 Å². The maximum absolute atomic E-state index is 3.43. The van der Waals surface area contributed by atoms with Gasteiger partial charge in [0, 0.05) is 50.4 Å². The number of H-pyrrole nitrogens is 1. The van der Waals surface area contributed by atoms with E-state index < -0.39 is 0 Å². The van der Waals surface area contributed by atoms with Crippen LogP contribution in [0.4, 0.5) is 5.69 Å². The van der Waals surface area contributed by atoms with Crippen molar-refractivity contribution in [3.8, 4) is 11.1 Å². The molecule has 0 bridgehead atoms. The highest BCUT2D eigenvalue weighted by Crippen LogP contribution is 2.40. The fraction of sp³-hybridized carbons (Fsp3) is 0.103. The molecule has 32 heavy (non-hydrogen) atoms. The zero-order valence-electron chi connectivity index (χ0n) is 17.6. The summed E-state index contributed by atoms with van der Waals surface area (Å²) < 4.78 is 2.76. The molecule has 2 nitrogen and oxygen atoms in total. The Morgan fingerprint density at radius 3 is 2.56 bits per heavy atom. The first-order valence-corrected chi connectivity index (χ1v) is 12.0. The number of thiophene rings is 1. The molecule has 0 amide bonds. The minimum atomic E-state index is 0.963. The third-order valence-electron chi connectivity index (χ3n) is 6.84. The molecule has 3 heteroatoms. The zero-order chi connectivity index (χ0) is 21.1. The van der Waals surface area contributed by atoms with E-state index in [9.17, 15) is 0 Å². The summed E-state index contributed by atoms with van der Waals surface area (Å²) in [6, 6.07) is 31.2. The molecule has 0 spiro atoms. The topological polar surface area (TPSA) is 19.0 Å². The van der Waals surface area contributed by atoms with Crippen molar-refractivity contribution in [1.29, 1.82) is 0 Å². The monoisotopic (exact) mass is 430 g/mol. The van der Waals surface area contributed by atoms with Crippen LogP contribution in [0.2, 0.25) is 0 Å². The predicted molar refractivity (Wildman–Crippen MR) is 138 cm³/mol. The fourth-order valence-corrected chi connectivity index (χ4v) is 6.46. The van der Waals surface area contributed by atoms with Crippen molar-refractivity contribution in [2.24, 2.45) is 0 Å². The smallest absolute Gasteiger partial charge is 0.0627 e. The molecule has 0 atom stereocenters. The fourth-order valence-electron chi connectivity index (χ4n) is 5.22. The first kappa shape index (κ1) is 18.1. The molecule has 0 aliphatic carbocycles. The first-order chi connectivity index (χ1) is 15.8. The van der Waals surface area contributed by atoms with E-state index in [0.29, 0.717) is 0 Å². The third-order valence-corrected chi connectivity index (χ3v) is 8.06. The van der Waals surface area contributed by atoms with Crippen molar-refractivity contribution in [1.82, 2.24) is 4.98 Å². The van der Waals surface area contributed by atoms with Crippen LogP contribution in [0.15, 0.2) is 91.1 Å². The van der Waals surface area contributed by atoms with Crippen LogP contribution in [0.1, 0.15) is 11.1 Å². The maximum atomic E-state index is 3.43. The third kappa shape index (κ3) is 2.71. The molecule has 0 saturated heterocycles. The normalized spacial score (nSPS) is 13.8. The Labute approximate surface area is 190 Å². The summed E-state index contributed by atoms with van der Waals surface area (Å²) in [5.74, 6) is 0.